The molecule has 0 amide bonds. The summed E-state index contributed by atoms with van der Waals surface area (Å²) in [6.07, 6.45) is 4.60. The lowest BCUT2D eigenvalue weighted by molar-refractivity contribution is 0.0702. The van der Waals surface area contributed by atoms with Crippen LogP contribution in [0.1, 0.15) is 9.67 Å². The molecule has 0 atom stereocenters. The van der Waals surface area contributed by atoms with Gasteiger partial charge in [-0.1, -0.05) is 0 Å². The third-order valence-electron chi connectivity index (χ3n) is 2.21. The molecule has 1 N–H and O–H groups in total. The lowest BCUT2D eigenvalue weighted by Gasteiger charge is -2.00. The second-order valence-corrected chi connectivity index (χ2v) is 5.73. The summed E-state index contributed by atoms with van der Waals surface area (Å²) >= 11 is 2.27. The van der Waals surface area contributed by atoms with Gasteiger partial charge < -0.3 is 5.11 Å². The summed E-state index contributed by atoms with van der Waals surface area (Å²) in [4.78, 5) is 19.0. The van der Waals surface area contributed by atoms with E-state index in [-0.39, 0.29) is 4.88 Å². The summed E-state index contributed by atoms with van der Waals surface area (Å²) < 4.78 is 2.07. The van der Waals surface area contributed by atoms with E-state index in [2.05, 4.69) is 25.5 Å². The SMILES string of the molecule is O=C(O)c1cnc(Sc2nnnn2-c2cccnc2)s1. The molecule has 0 aromatic carbocycles. The van der Waals surface area contributed by atoms with Crippen molar-refractivity contribution in [1.29, 1.82) is 0 Å². The van der Waals surface area contributed by atoms with E-state index in [4.69, 9.17) is 5.11 Å². The van der Waals surface area contributed by atoms with Crippen LogP contribution >= 0.6 is 23.1 Å². The van der Waals surface area contributed by atoms with Crippen molar-refractivity contribution in [3.05, 3.63) is 35.6 Å². The van der Waals surface area contributed by atoms with E-state index in [9.17, 15) is 4.79 Å². The normalized spacial score (nSPS) is 10.6. The molecule has 8 nitrogen and oxygen atoms in total. The minimum absolute atomic E-state index is 0.174. The fourth-order valence-corrected chi connectivity index (χ4v) is 3.08. The topological polar surface area (TPSA) is 107 Å². The first-order valence-corrected chi connectivity index (χ1v) is 6.93. The third kappa shape index (κ3) is 2.51. The van der Waals surface area contributed by atoms with E-state index in [1.165, 1.54) is 22.6 Å². The van der Waals surface area contributed by atoms with Crippen LogP contribution in [0.15, 0.2) is 40.2 Å². The summed E-state index contributed by atoms with van der Waals surface area (Å²) in [6.45, 7) is 0. The number of pyridine rings is 1. The van der Waals surface area contributed by atoms with E-state index < -0.39 is 5.97 Å². The van der Waals surface area contributed by atoms with Gasteiger partial charge in [0.25, 0.3) is 0 Å². The van der Waals surface area contributed by atoms with Gasteiger partial charge in [0.05, 0.1) is 18.1 Å². The van der Waals surface area contributed by atoms with E-state index in [0.29, 0.717) is 9.50 Å². The third-order valence-corrected chi connectivity index (χ3v) is 4.20. The van der Waals surface area contributed by atoms with Crippen molar-refractivity contribution >= 4 is 29.1 Å². The van der Waals surface area contributed by atoms with Crippen LogP contribution in [0.4, 0.5) is 0 Å². The molecule has 100 valence electrons. The monoisotopic (exact) mass is 306 g/mol. The fourth-order valence-electron chi connectivity index (χ4n) is 1.37. The Morgan fingerprint density at radius 3 is 3.00 bits per heavy atom. The van der Waals surface area contributed by atoms with E-state index in [1.54, 1.807) is 18.5 Å². The zero-order valence-electron chi connectivity index (χ0n) is 9.74. The number of carboxylic acids is 1. The maximum atomic E-state index is 10.8. The molecule has 0 bridgehead atoms. The number of hydrogen-bond donors (Lipinski definition) is 1. The Kier molecular flexibility index (Phi) is 3.39. The average molecular weight is 306 g/mol. The Hall–Kier alpha value is -2.33. The predicted octanol–water partition coefficient (Wildman–Crippen LogP) is 1.36. The first kappa shape index (κ1) is 12.7. The molecule has 0 aliphatic carbocycles. The number of rotatable bonds is 4. The van der Waals surface area contributed by atoms with E-state index in [0.717, 1.165) is 17.0 Å². The molecule has 0 radical (unpaired) electrons. The molecule has 0 saturated heterocycles. The van der Waals surface area contributed by atoms with Gasteiger partial charge in [-0.05, 0) is 34.3 Å². The van der Waals surface area contributed by atoms with Crippen LogP contribution in [0.5, 0.6) is 0 Å². The number of tetrazole rings is 1. The minimum atomic E-state index is -0.999. The molecule has 3 aromatic heterocycles. The highest BCUT2D eigenvalue weighted by atomic mass is 32.2. The Morgan fingerprint density at radius 1 is 1.40 bits per heavy atom. The largest absolute Gasteiger partial charge is 0.477 e. The van der Waals surface area contributed by atoms with Gasteiger partial charge in [0, 0.05) is 6.20 Å². The molecule has 10 heteroatoms. The summed E-state index contributed by atoms with van der Waals surface area (Å²) in [5.41, 5.74) is 0.718. The Morgan fingerprint density at radius 2 is 2.30 bits per heavy atom. The van der Waals surface area contributed by atoms with Crippen molar-refractivity contribution < 1.29 is 9.90 Å². The molecule has 3 heterocycles. The minimum Gasteiger partial charge on any atom is -0.477 e. The molecule has 0 spiro atoms. The zero-order valence-corrected chi connectivity index (χ0v) is 11.4. The zero-order chi connectivity index (χ0) is 13.9. The fraction of sp³-hybridized carbons (Fsp3) is 0. The Labute approximate surface area is 120 Å². The predicted molar refractivity (Wildman–Crippen MR) is 70.1 cm³/mol. The summed E-state index contributed by atoms with van der Waals surface area (Å²) in [7, 11) is 0. The van der Waals surface area contributed by atoms with Gasteiger partial charge >= 0.3 is 5.97 Å². The smallest absolute Gasteiger partial charge is 0.347 e. The van der Waals surface area contributed by atoms with Crippen molar-refractivity contribution in [2.24, 2.45) is 0 Å². The molecular formula is C10H6N6O2S2. The van der Waals surface area contributed by atoms with Gasteiger partial charge in [-0.15, -0.1) is 16.4 Å². The molecule has 0 aliphatic rings. The van der Waals surface area contributed by atoms with Crippen LogP contribution < -0.4 is 0 Å². The number of hydrogen-bond acceptors (Lipinski definition) is 8. The number of thiazole rings is 1. The van der Waals surface area contributed by atoms with Crippen LogP contribution in [0, 0.1) is 0 Å². The highest BCUT2D eigenvalue weighted by Crippen LogP contribution is 2.30. The first-order valence-electron chi connectivity index (χ1n) is 5.30. The number of nitrogens with zero attached hydrogens (tertiary/aromatic N) is 6. The molecule has 0 saturated carbocycles. The quantitative estimate of drug-likeness (QED) is 0.770. The molecule has 0 unspecified atom stereocenters. The van der Waals surface area contributed by atoms with Crippen molar-refractivity contribution in [2.45, 2.75) is 9.50 Å². The van der Waals surface area contributed by atoms with Crippen LogP contribution in [0.25, 0.3) is 5.69 Å². The van der Waals surface area contributed by atoms with Gasteiger partial charge in [0.2, 0.25) is 5.16 Å². The second kappa shape index (κ2) is 5.35. The van der Waals surface area contributed by atoms with Crippen molar-refractivity contribution in [2.75, 3.05) is 0 Å². The molecule has 0 fully saturated rings. The first-order chi connectivity index (χ1) is 9.74. The van der Waals surface area contributed by atoms with Gasteiger partial charge in [-0.2, -0.15) is 4.68 Å². The molecule has 3 aromatic rings. The lowest BCUT2D eigenvalue weighted by atomic mass is 10.4. The van der Waals surface area contributed by atoms with Crippen molar-refractivity contribution in [1.82, 2.24) is 30.2 Å². The Balaban J connectivity index is 1.88. The summed E-state index contributed by atoms with van der Waals surface area (Å²) in [5.74, 6) is -0.999. The van der Waals surface area contributed by atoms with Gasteiger partial charge in [-0.3, -0.25) is 4.98 Å². The Bertz CT molecular complexity index is 741. The van der Waals surface area contributed by atoms with Crippen LogP contribution in [-0.2, 0) is 0 Å². The van der Waals surface area contributed by atoms with Gasteiger partial charge in [0.15, 0.2) is 4.34 Å². The second-order valence-electron chi connectivity index (χ2n) is 3.48. The number of carboxylic acid groups (broad SMARTS) is 1. The highest BCUT2D eigenvalue weighted by molar-refractivity contribution is 8.00. The molecular weight excluding hydrogens is 300 g/mol. The number of carbonyl (C=O) groups is 1. The molecule has 20 heavy (non-hydrogen) atoms. The molecule has 3 rings (SSSR count). The van der Waals surface area contributed by atoms with Crippen molar-refractivity contribution in [3.63, 3.8) is 0 Å². The number of aromatic nitrogens is 6. The maximum Gasteiger partial charge on any atom is 0.347 e. The van der Waals surface area contributed by atoms with E-state index in [1.807, 2.05) is 6.07 Å². The summed E-state index contributed by atoms with van der Waals surface area (Å²) in [5, 5.41) is 20.7. The number of aromatic carboxylic acids is 1. The lowest BCUT2D eigenvalue weighted by Crippen LogP contribution is -1.98. The summed E-state index contributed by atoms with van der Waals surface area (Å²) in [6, 6.07) is 3.59. The average Bonchev–Trinajstić information content (AvgIpc) is 3.09. The highest BCUT2D eigenvalue weighted by Gasteiger charge is 2.14. The van der Waals surface area contributed by atoms with Crippen LogP contribution in [-0.4, -0.2) is 41.3 Å². The maximum absolute atomic E-state index is 10.8. The van der Waals surface area contributed by atoms with Crippen molar-refractivity contribution in [3.8, 4) is 5.69 Å². The van der Waals surface area contributed by atoms with Gasteiger partial charge in [-0.25, -0.2) is 9.78 Å². The van der Waals surface area contributed by atoms with Gasteiger partial charge in [0.1, 0.15) is 4.88 Å². The standard InChI is InChI=1S/C10H6N6O2S2/c17-8(18)7-5-12-10(19-7)20-9-13-14-15-16(9)6-2-1-3-11-4-6/h1-5H,(H,17,18). The van der Waals surface area contributed by atoms with E-state index >= 15 is 0 Å². The van der Waals surface area contributed by atoms with Crippen LogP contribution in [0.3, 0.4) is 0 Å². The van der Waals surface area contributed by atoms with Crippen LogP contribution in [0.2, 0.25) is 0 Å². The molecule has 0 aliphatic heterocycles.